The summed E-state index contributed by atoms with van der Waals surface area (Å²) in [4.78, 5) is 12.0. The van der Waals surface area contributed by atoms with Crippen molar-refractivity contribution in [3.8, 4) is 11.3 Å². The number of halogens is 4. The quantitative estimate of drug-likeness (QED) is 0.477. The Labute approximate surface area is 151 Å². The van der Waals surface area contributed by atoms with Gasteiger partial charge in [-0.25, -0.2) is 8.78 Å². The predicted molar refractivity (Wildman–Crippen MR) is 93.8 cm³/mol. The van der Waals surface area contributed by atoms with Gasteiger partial charge in [0.2, 0.25) is 0 Å². The van der Waals surface area contributed by atoms with E-state index >= 15 is 0 Å². The standard InChI is InChI=1S/C18H10Cl2F2N2O/c19-13-4-1-10(7-14(13)20)17-9-12(23-24-17)3-6-18(25)11-2-5-15(21)16(22)8-11/h1-9H,(H,23,24)/b6-3+. The molecule has 2 aromatic carbocycles. The first kappa shape index (κ1) is 17.3. The summed E-state index contributed by atoms with van der Waals surface area (Å²) in [6.45, 7) is 0. The minimum atomic E-state index is -1.07. The molecule has 3 aromatic rings. The molecule has 0 atom stereocenters. The van der Waals surface area contributed by atoms with Crippen LogP contribution >= 0.6 is 23.2 Å². The SMILES string of the molecule is O=C(/C=C/c1cc(-c2ccc(Cl)c(Cl)c2)n[nH]1)c1ccc(F)c(F)c1. The molecule has 0 bridgehead atoms. The van der Waals surface area contributed by atoms with Gasteiger partial charge in [0, 0.05) is 11.1 Å². The number of nitrogens with one attached hydrogen (secondary N) is 1. The van der Waals surface area contributed by atoms with Crippen molar-refractivity contribution in [3.63, 3.8) is 0 Å². The topological polar surface area (TPSA) is 45.8 Å². The van der Waals surface area contributed by atoms with Crippen molar-refractivity contribution < 1.29 is 13.6 Å². The maximum absolute atomic E-state index is 13.2. The highest BCUT2D eigenvalue weighted by Crippen LogP contribution is 2.27. The van der Waals surface area contributed by atoms with Crippen molar-refractivity contribution in [2.75, 3.05) is 0 Å². The fourth-order valence-electron chi connectivity index (χ4n) is 2.14. The molecule has 3 nitrogen and oxygen atoms in total. The maximum atomic E-state index is 13.2. The summed E-state index contributed by atoms with van der Waals surface area (Å²) >= 11 is 11.9. The van der Waals surface area contributed by atoms with Crippen molar-refractivity contribution in [2.45, 2.75) is 0 Å². The molecule has 0 unspecified atom stereocenters. The summed E-state index contributed by atoms with van der Waals surface area (Å²) in [5.41, 5.74) is 2.01. The van der Waals surface area contributed by atoms with Crippen LogP contribution in [0.15, 0.2) is 48.5 Å². The Morgan fingerprint density at radius 2 is 1.80 bits per heavy atom. The summed E-state index contributed by atoms with van der Waals surface area (Å²) in [7, 11) is 0. The number of carbonyl (C=O) groups is 1. The number of rotatable bonds is 4. The van der Waals surface area contributed by atoms with Crippen LogP contribution in [0.25, 0.3) is 17.3 Å². The van der Waals surface area contributed by atoms with Gasteiger partial charge in [0.05, 0.1) is 21.4 Å². The Bertz CT molecular complexity index is 983. The molecular weight excluding hydrogens is 369 g/mol. The Hall–Kier alpha value is -2.50. The van der Waals surface area contributed by atoms with Gasteiger partial charge in [-0.15, -0.1) is 0 Å². The minimum absolute atomic E-state index is 0.0550. The number of carbonyl (C=O) groups excluding carboxylic acids is 1. The number of hydrogen-bond acceptors (Lipinski definition) is 2. The maximum Gasteiger partial charge on any atom is 0.186 e. The van der Waals surface area contributed by atoms with Gasteiger partial charge >= 0.3 is 0 Å². The Morgan fingerprint density at radius 1 is 1.00 bits per heavy atom. The van der Waals surface area contributed by atoms with Gasteiger partial charge in [-0.1, -0.05) is 29.3 Å². The summed E-state index contributed by atoms with van der Waals surface area (Å²) in [6.07, 6.45) is 2.75. The van der Waals surface area contributed by atoms with Gasteiger partial charge < -0.3 is 0 Å². The molecule has 0 radical (unpaired) electrons. The molecule has 126 valence electrons. The van der Waals surface area contributed by atoms with Crippen molar-refractivity contribution in [3.05, 3.63) is 81.5 Å². The van der Waals surface area contributed by atoms with E-state index in [0.717, 1.165) is 17.7 Å². The van der Waals surface area contributed by atoms with E-state index in [0.29, 0.717) is 21.4 Å². The molecule has 0 fully saturated rings. The lowest BCUT2D eigenvalue weighted by atomic mass is 10.1. The van der Waals surface area contributed by atoms with Gasteiger partial charge in [-0.3, -0.25) is 9.89 Å². The number of aromatic nitrogens is 2. The second-order valence-corrected chi connectivity index (χ2v) is 5.98. The zero-order valence-corrected chi connectivity index (χ0v) is 14.1. The second-order valence-electron chi connectivity index (χ2n) is 5.16. The normalized spacial score (nSPS) is 11.2. The molecule has 3 rings (SSSR count). The lowest BCUT2D eigenvalue weighted by Gasteiger charge is -1.98. The molecule has 0 amide bonds. The average molecular weight is 379 g/mol. The van der Waals surface area contributed by atoms with E-state index in [1.807, 2.05) is 0 Å². The third kappa shape index (κ3) is 3.95. The van der Waals surface area contributed by atoms with Crippen molar-refractivity contribution in [1.29, 1.82) is 0 Å². The average Bonchev–Trinajstić information content (AvgIpc) is 3.06. The summed E-state index contributed by atoms with van der Waals surface area (Å²) in [5.74, 6) is -2.52. The van der Waals surface area contributed by atoms with Crippen LogP contribution in [-0.4, -0.2) is 16.0 Å². The Kier molecular flexibility index (Phi) is 4.97. The van der Waals surface area contributed by atoms with Crippen LogP contribution in [0, 0.1) is 11.6 Å². The number of aromatic amines is 1. The van der Waals surface area contributed by atoms with E-state index in [-0.39, 0.29) is 5.56 Å². The third-order valence-electron chi connectivity index (χ3n) is 3.43. The van der Waals surface area contributed by atoms with Gasteiger partial charge in [0.1, 0.15) is 0 Å². The number of nitrogens with zero attached hydrogens (tertiary/aromatic N) is 1. The molecular formula is C18H10Cl2F2N2O. The van der Waals surface area contributed by atoms with Crippen molar-refractivity contribution in [2.24, 2.45) is 0 Å². The molecule has 0 spiro atoms. The lowest BCUT2D eigenvalue weighted by Crippen LogP contribution is -1.96. The molecule has 0 aliphatic carbocycles. The van der Waals surface area contributed by atoms with Crippen LogP contribution in [0.5, 0.6) is 0 Å². The monoisotopic (exact) mass is 378 g/mol. The Morgan fingerprint density at radius 3 is 2.52 bits per heavy atom. The molecule has 0 aliphatic rings. The molecule has 25 heavy (non-hydrogen) atoms. The fraction of sp³-hybridized carbons (Fsp3) is 0. The number of ketones is 1. The molecule has 1 heterocycles. The van der Waals surface area contributed by atoms with E-state index in [4.69, 9.17) is 23.2 Å². The van der Waals surface area contributed by atoms with Gasteiger partial charge in [-0.2, -0.15) is 5.10 Å². The van der Waals surface area contributed by atoms with Crippen molar-refractivity contribution in [1.82, 2.24) is 10.2 Å². The van der Waals surface area contributed by atoms with E-state index in [9.17, 15) is 13.6 Å². The minimum Gasteiger partial charge on any atom is -0.289 e. The molecule has 0 saturated heterocycles. The molecule has 7 heteroatoms. The van der Waals surface area contributed by atoms with E-state index < -0.39 is 17.4 Å². The van der Waals surface area contributed by atoms with Gasteiger partial charge in [0.25, 0.3) is 0 Å². The summed E-state index contributed by atoms with van der Waals surface area (Å²) < 4.78 is 26.1. The first-order valence-corrected chi connectivity index (χ1v) is 7.88. The van der Waals surface area contributed by atoms with Crippen LogP contribution in [-0.2, 0) is 0 Å². The van der Waals surface area contributed by atoms with E-state index in [1.165, 1.54) is 18.2 Å². The van der Waals surface area contributed by atoms with Crippen LogP contribution in [0.4, 0.5) is 8.78 Å². The highest BCUT2D eigenvalue weighted by Gasteiger charge is 2.08. The number of benzene rings is 2. The highest BCUT2D eigenvalue weighted by atomic mass is 35.5. The van der Waals surface area contributed by atoms with Gasteiger partial charge in [0.15, 0.2) is 17.4 Å². The number of H-pyrrole nitrogens is 1. The van der Waals surface area contributed by atoms with Crippen LogP contribution in [0.3, 0.4) is 0 Å². The number of allylic oxidation sites excluding steroid dienone is 1. The molecule has 1 aromatic heterocycles. The van der Waals surface area contributed by atoms with Crippen molar-refractivity contribution >= 4 is 35.1 Å². The molecule has 1 N–H and O–H groups in total. The second kappa shape index (κ2) is 7.17. The smallest absolute Gasteiger partial charge is 0.186 e. The zero-order chi connectivity index (χ0) is 18.0. The number of hydrogen-bond donors (Lipinski definition) is 1. The third-order valence-corrected chi connectivity index (χ3v) is 4.17. The fourth-order valence-corrected chi connectivity index (χ4v) is 2.43. The zero-order valence-electron chi connectivity index (χ0n) is 12.6. The predicted octanol–water partition coefficient (Wildman–Crippen LogP) is 5.56. The first-order valence-electron chi connectivity index (χ1n) is 7.12. The largest absolute Gasteiger partial charge is 0.289 e. The summed E-state index contributed by atoms with van der Waals surface area (Å²) in [5, 5.41) is 7.75. The summed E-state index contributed by atoms with van der Waals surface area (Å²) in [6, 6.07) is 9.82. The lowest BCUT2D eigenvalue weighted by molar-refractivity contribution is 0.104. The highest BCUT2D eigenvalue weighted by molar-refractivity contribution is 6.42. The van der Waals surface area contributed by atoms with Gasteiger partial charge in [-0.05, 0) is 48.6 Å². The van der Waals surface area contributed by atoms with E-state index in [2.05, 4.69) is 10.2 Å². The molecule has 0 aliphatic heterocycles. The van der Waals surface area contributed by atoms with Crippen LogP contribution < -0.4 is 0 Å². The Balaban J connectivity index is 1.78. The van der Waals surface area contributed by atoms with Crippen LogP contribution in [0.2, 0.25) is 10.0 Å². The first-order chi connectivity index (χ1) is 11.9. The van der Waals surface area contributed by atoms with E-state index in [1.54, 1.807) is 24.3 Å². The van der Waals surface area contributed by atoms with Crippen LogP contribution in [0.1, 0.15) is 16.1 Å². The molecule has 0 saturated carbocycles.